The van der Waals surface area contributed by atoms with Crippen molar-refractivity contribution in [2.45, 2.75) is 0 Å². The van der Waals surface area contributed by atoms with Gasteiger partial charge in [-0.1, -0.05) is 0 Å². The van der Waals surface area contributed by atoms with E-state index >= 15 is 0 Å². The maximum atomic E-state index is 8.31. The first-order valence-corrected chi connectivity index (χ1v) is 2.65. The zero-order valence-electron chi connectivity index (χ0n) is 5.57. The molecule has 0 saturated carbocycles. The van der Waals surface area contributed by atoms with Gasteiger partial charge in [0, 0.05) is 12.3 Å². The van der Waals surface area contributed by atoms with Gasteiger partial charge in [-0.05, 0) is 0 Å². The van der Waals surface area contributed by atoms with Crippen LogP contribution in [0.5, 0.6) is 0 Å². The summed E-state index contributed by atoms with van der Waals surface area (Å²) >= 11 is 0. The lowest BCUT2D eigenvalue weighted by molar-refractivity contribution is 1.15. The molecule has 1 N–H and O–H groups in total. The van der Waals surface area contributed by atoms with Crippen LogP contribution in [0.1, 0.15) is 0 Å². The summed E-state index contributed by atoms with van der Waals surface area (Å²) in [5.41, 5.74) is 0. The fourth-order valence-electron chi connectivity index (χ4n) is 0.383. The Kier molecular flexibility index (Phi) is 3.82. The van der Waals surface area contributed by atoms with Gasteiger partial charge in [-0.3, -0.25) is 0 Å². The molecule has 0 saturated heterocycles. The van der Waals surface area contributed by atoms with Crippen molar-refractivity contribution < 1.29 is 0 Å². The molecule has 0 aliphatic heterocycles. The average Bonchev–Trinajstić information content (AvgIpc) is 2.07. The lowest BCUT2D eigenvalue weighted by atomic mass is 10.2. The predicted octanol–water partition coefficient (Wildman–Crippen LogP) is 1.46. The van der Waals surface area contributed by atoms with Crippen LogP contribution in [0.15, 0.2) is 11.9 Å². The summed E-state index contributed by atoms with van der Waals surface area (Å²) in [6.45, 7) is 12.9. The standard InChI is InChI=1S/C7H4N4/c1-10-7(11-2)3-6(4-8)5-9/h3-4,6,8H. The summed E-state index contributed by atoms with van der Waals surface area (Å²) in [7, 11) is 0. The van der Waals surface area contributed by atoms with Crippen LogP contribution >= 0.6 is 0 Å². The molecular formula is C7H4N4. The summed E-state index contributed by atoms with van der Waals surface area (Å²) in [6, 6.07) is 1.74. The topological polar surface area (TPSA) is 56.4 Å². The van der Waals surface area contributed by atoms with Crippen LogP contribution < -0.4 is 0 Å². The van der Waals surface area contributed by atoms with Gasteiger partial charge in [0.05, 0.1) is 12.0 Å². The van der Waals surface area contributed by atoms with E-state index in [2.05, 4.69) is 9.69 Å². The van der Waals surface area contributed by atoms with Gasteiger partial charge in [0.2, 0.25) is 0 Å². The van der Waals surface area contributed by atoms with E-state index in [1.807, 2.05) is 0 Å². The molecule has 0 rings (SSSR count). The summed E-state index contributed by atoms with van der Waals surface area (Å²) in [4.78, 5) is 5.69. The van der Waals surface area contributed by atoms with E-state index in [1.165, 1.54) is 0 Å². The van der Waals surface area contributed by atoms with Gasteiger partial charge in [-0.2, -0.15) is 15.0 Å². The number of allylic oxidation sites excluding steroid dienone is 1. The Morgan fingerprint density at radius 2 is 2.09 bits per heavy atom. The largest absolute Gasteiger partial charge is 0.517 e. The molecule has 0 aliphatic carbocycles. The molecule has 0 aromatic heterocycles. The SMILES string of the molecule is [C-]#[N+]C(=CC(C#N)C=N)[N+]#[C-]. The van der Waals surface area contributed by atoms with Gasteiger partial charge < -0.3 is 5.41 Å². The Labute approximate surface area is 64.5 Å². The van der Waals surface area contributed by atoms with Crippen LogP contribution in [0.2, 0.25) is 0 Å². The van der Waals surface area contributed by atoms with E-state index in [0.717, 1.165) is 12.3 Å². The summed E-state index contributed by atoms with van der Waals surface area (Å²) in [5.74, 6) is -0.923. The molecule has 4 heteroatoms. The highest BCUT2D eigenvalue weighted by molar-refractivity contribution is 5.64. The lowest BCUT2D eigenvalue weighted by Gasteiger charge is -1.85. The number of hydrogen-bond donors (Lipinski definition) is 1. The van der Waals surface area contributed by atoms with E-state index in [0.29, 0.717) is 0 Å². The fraction of sp³-hybridized carbons (Fsp3) is 0.143. The Bertz CT molecular complexity index is 278. The number of nitrogens with zero attached hydrogens (tertiary/aromatic N) is 3. The van der Waals surface area contributed by atoms with Gasteiger partial charge >= 0.3 is 5.82 Å². The van der Waals surface area contributed by atoms with E-state index in [1.54, 1.807) is 6.07 Å². The van der Waals surface area contributed by atoms with Crippen molar-refractivity contribution in [2.75, 3.05) is 0 Å². The second kappa shape index (κ2) is 4.73. The Balaban J connectivity index is 4.58. The lowest BCUT2D eigenvalue weighted by Crippen LogP contribution is -1.91. The molecule has 0 bridgehead atoms. The summed E-state index contributed by atoms with van der Waals surface area (Å²) in [6.07, 6.45) is 2.04. The smallest absolute Gasteiger partial charge is 0.311 e. The van der Waals surface area contributed by atoms with Crippen LogP contribution in [-0.4, -0.2) is 6.21 Å². The minimum absolute atomic E-state index is 0.167. The van der Waals surface area contributed by atoms with Crippen molar-refractivity contribution in [1.82, 2.24) is 0 Å². The first kappa shape index (κ1) is 8.88. The third-order valence-corrected chi connectivity index (χ3v) is 0.886. The van der Waals surface area contributed by atoms with Crippen LogP contribution in [-0.2, 0) is 0 Å². The van der Waals surface area contributed by atoms with Gasteiger partial charge in [0.25, 0.3) is 0 Å². The maximum absolute atomic E-state index is 8.31. The molecule has 0 aromatic carbocycles. The predicted molar refractivity (Wildman–Crippen MR) is 39.2 cm³/mol. The molecule has 0 heterocycles. The fourth-order valence-corrected chi connectivity index (χ4v) is 0.383. The third-order valence-electron chi connectivity index (χ3n) is 0.886. The molecule has 0 aromatic rings. The van der Waals surface area contributed by atoms with Crippen molar-refractivity contribution in [3.05, 3.63) is 34.7 Å². The maximum Gasteiger partial charge on any atom is 0.517 e. The van der Waals surface area contributed by atoms with E-state index in [-0.39, 0.29) is 5.82 Å². The van der Waals surface area contributed by atoms with Crippen LogP contribution in [0.3, 0.4) is 0 Å². The molecular weight excluding hydrogens is 140 g/mol. The number of hydrogen-bond acceptors (Lipinski definition) is 2. The first-order valence-electron chi connectivity index (χ1n) is 2.65. The highest BCUT2D eigenvalue weighted by Gasteiger charge is 2.07. The number of rotatable bonds is 2. The molecule has 0 radical (unpaired) electrons. The zero-order chi connectivity index (χ0) is 8.69. The van der Waals surface area contributed by atoms with Gasteiger partial charge in [-0.15, -0.1) is 0 Å². The molecule has 0 amide bonds. The normalized spacial score (nSPS) is 9.55. The van der Waals surface area contributed by atoms with Crippen molar-refractivity contribution in [3.8, 4) is 6.07 Å². The molecule has 0 fully saturated rings. The van der Waals surface area contributed by atoms with Gasteiger partial charge in [-0.25, -0.2) is 0 Å². The molecule has 0 aliphatic rings. The van der Waals surface area contributed by atoms with E-state index in [9.17, 15) is 0 Å². The highest BCUT2D eigenvalue weighted by atomic mass is 14.9. The minimum atomic E-state index is -0.756. The van der Waals surface area contributed by atoms with Crippen LogP contribution in [0.4, 0.5) is 0 Å². The number of nitriles is 1. The highest BCUT2D eigenvalue weighted by Crippen LogP contribution is 2.03. The van der Waals surface area contributed by atoms with Crippen LogP contribution in [0, 0.1) is 35.8 Å². The van der Waals surface area contributed by atoms with Crippen LogP contribution in [0.25, 0.3) is 9.69 Å². The van der Waals surface area contributed by atoms with Gasteiger partial charge in [0.15, 0.2) is 0 Å². The summed E-state index contributed by atoms with van der Waals surface area (Å²) < 4.78 is 0. The number of nitrogens with one attached hydrogen (secondary N) is 1. The second-order valence-corrected chi connectivity index (χ2v) is 1.57. The Morgan fingerprint density at radius 3 is 2.36 bits per heavy atom. The third kappa shape index (κ3) is 2.79. The average molecular weight is 144 g/mol. The van der Waals surface area contributed by atoms with Crippen molar-refractivity contribution in [1.29, 1.82) is 10.7 Å². The summed E-state index contributed by atoms with van der Waals surface area (Å²) in [5, 5.41) is 15.0. The van der Waals surface area contributed by atoms with Crippen molar-refractivity contribution in [2.24, 2.45) is 5.92 Å². The first-order chi connectivity index (χ1) is 5.28. The van der Waals surface area contributed by atoms with E-state index < -0.39 is 5.92 Å². The van der Waals surface area contributed by atoms with Gasteiger partial charge in [0.1, 0.15) is 13.1 Å². The molecule has 1 atom stereocenters. The molecule has 11 heavy (non-hydrogen) atoms. The Morgan fingerprint density at radius 1 is 1.55 bits per heavy atom. The minimum Gasteiger partial charge on any atom is -0.311 e. The molecule has 1 unspecified atom stereocenters. The molecule has 0 spiro atoms. The zero-order valence-corrected chi connectivity index (χ0v) is 5.57. The monoisotopic (exact) mass is 144 g/mol. The van der Waals surface area contributed by atoms with Crippen molar-refractivity contribution in [3.63, 3.8) is 0 Å². The quantitative estimate of drug-likeness (QED) is 0.462. The second-order valence-electron chi connectivity index (χ2n) is 1.57. The molecule has 4 nitrogen and oxygen atoms in total. The Hall–Kier alpha value is -2.12. The molecule has 52 valence electrons. The van der Waals surface area contributed by atoms with E-state index in [4.69, 9.17) is 23.8 Å². The van der Waals surface area contributed by atoms with Crippen molar-refractivity contribution >= 4 is 6.21 Å².